The molecule has 1 atom stereocenters. The zero-order chi connectivity index (χ0) is 14.7. The largest absolute Gasteiger partial charge is 0.466 e. The third kappa shape index (κ3) is 9.50. The number of hydrogen-bond donors (Lipinski definition) is 1. The Hall–Kier alpha value is -1.07. The zero-order valence-corrected chi connectivity index (χ0v) is 12.3. The first kappa shape index (κ1) is 17.9. The van der Waals surface area contributed by atoms with Gasteiger partial charge in [0.2, 0.25) is 0 Å². The van der Waals surface area contributed by atoms with Crippen molar-refractivity contribution in [2.75, 3.05) is 19.8 Å². The topological polar surface area (TPSA) is 64.6 Å². The van der Waals surface area contributed by atoms with Crippen molar-refractivity contribution in [2.24, 2.45) is 0 Å². The summed E-state index contributed by atoms with van der Waals surface area (Å²) in [5.74, 6) is -0.598. The van der Waals surface area contributed by atoms with Crippen molar-refractivity contribution < 1.29 is 19.1 Å². The maximum absolute atomic E-state index is 11.6. The van der Waals surface area contributed by atoms with Gasteiger partial charge in [0.1, 0.15) is 6.04 Å². The van der Waals surface area contributed by atoms with Crippen molar-refractivity contribution in [1.29, 1.82) is 0 Å². The van der Waals surface area contributed by atoms with Gasteiger partial charge in [-0.1, -0.05) is 18.2 Å². The van der Waals surface area contributed by atoms with Gasteiger partial charge in [0.15, 0.2) is 0 Å². The molecule has 1 N–H and O–H groups in total. The molecule has 0 fully saturated rings. The molecule has 0 unspecified atom stereocenters. The number of hydrogen-bond acceptors (Lipinski definition) is 5. The monoisotopic (exact) mass is 291 g/mol. The molecule has 0 radical (unpaired) electrons. The molecule has 0 aromatic rings. The predicted octanol–water partition coefficient (Wildman–Crippen LogP) is 1.99. The van der Waals surface area contributed by atoms with Gasteiger partial charge in [-0.2, -0.15) is 0 Å². The van der Waals surface area contributed by atoms with Crippen molar-refractivity contribution in [2.45, 2.75) is 39.2 Å². The van der Waals surface area contributed by atoms with Crippen molar-refractivity contribution in [1.82, 2.24) is 5.32 Å². The smallest absolute Gasteiger partial charge is 0.323 e. The molecule has 0 saturated heterocycles. The second kappa shape index (κ2) is 10.8. The maximum atomic E-state index is 11.6. The molecule has 0 aromatic carbocycles. The van der Waals surface area contributed by atoms with Gasteiger partial charge in [-0.15, -0.1) is 0 Å². The van der Waals surface area contributed by atoms with Crippen LogP contribution in [0.25, 0.3) is 0 Å². The van der Waals surface area contributed by atoms with E-state index in [2.05, 4.69) is 11.9 Å². The quantitative estimate of drug-likeness (QED) is 0.493. The molecule has 0 rings (SSSR count). The molecule has 5 nitrogen and oxygen atoms in total. The summed E-state index contributed by atoms with van der Waals surface area (Å²) in [7, 11) is 0. The first-order valence-corrected chi connectivity index (χ1v) is 6.77. The van der Waals surface area contributed by atoms with Gasteiger partial charge in [-0.3, -0.25) is 9.59 Å². The molecule has 0 aliphatic rings. The van der Waals surface area contributed by atoms with Crippen LogP contribution >= 0.6 is 11.6 Å². The molecule has 0 aliphatic heterocycles. The van der Waals surface area contributed by atoms with Crippen molar-refractivity contribution in [3.05, 3.63) is 11.6 Å². The Morgan fingerprint density at radius 3 is 2.42 bits per heavy atom. The first-order valence-electron chi connectivity index (χ1n) is 6.40. The lowest BCUT2D eigenvalue weighted by Gasteiger charge is -2.16. The SMILES string of the molecule is C=C(Cl)C[C@@H](NCCCC(=O)OCC)C(=O)OCC. The van der Waals surface area contributed by atoms with Crippen LogP contribution in [0.1, 0.15) is 33.1 Å². The summed E-state index contributed by atoms with van der Waals surface area (Å²) in [5.41, 5.74) is 0. The average Bonchev–Trinajstić information content (AvgIpc) is 2.33. The number of ether oxygens (including phenoxy) is 2. The number of rotatable bonds is 10. The lowest BCUT2D eigenvalue weighted by Crippen LogP contribution is -2.38. The van der Waals surface area contributed by atoms with Crippen molar-refractivity contribution >= 4 is 23.5 Å². The van der Waals surface area contributed by atoms with Gasteiger partial charge in [0.25, 0.3) is 0 Å². The number of carbonyl (C=O) groups is 2. The second-order valence-corrected chi connectivity index (χ2v) is 4.42. The second-order valence-electron chi connectivity index (χ2n) is 3.89. The van der Waals surface area contributed by atoms with Gasteiger partial charge < -0.3 is 14.8 Å². The Morgan fingerprint density at radius 2 is 1.89 bits per heavy atom. The summed E-state index contributed by atoms with van der Waals surface area (Å²) >= 11 is 5.70. The van der Waals surface area contributed by atoms with Crippen LogP contribution in [-0.4, -0.2) is 37.7 Å². The minimum absolute atomic E-state index is 0.237. The van der Waals surface area contributed by atoms with Gasteiger partial charge in [-0.25, -0.2) is 0 Å². The Morgan fingerprint density at radius 1 is 1.26 bits per heavy atom. The van der Waals surface area contributed by atoms with E-state index in [0.717, 1.165) is 0 Å². The van der Waals surface area contributed by atoms with Gasteiger partial charge in [-0.05, 0) is 26.8 Å². The van der Waals surface area contributed by atoms with E-state index in [0.29, 0.717) is 44.1 Å². The van der Waals surface area contributed by atoms with Crippen LogP contribution in [0.4, 0.5) is 0 Å². The molecule has 6 heteroatoms. The number of nitrogens with one attached hydrogen (secondary N) is 1. The molecule has 0 bridgehead atoms. The highest BCUT2D eigenvalue weighted by molar-refractivity contribution is 6.29. The van der Waals surface area contributed by atoms with E-state index >= 15 is 0 Å². The summed E-state index contributed by atoms with van der Waals surface area (Å²) in [4.78, 5) is 22.8. The summed E-state index contributed by atoms with van der Waals surface area (Å²) in [5, 5.41) is 3.39. The Labute approximate surface area is 119 Å². The summed E-state index contributed by atoms with van der Waals surface area (Å²) < 4.78 is 9.73. The fourth-order valence-electron chi connectivity index (χ4n) is 1.45. The lowest BCUT2D eigenvalue weighted by atomic mass is 10.2. The molecule has 0 aromatic heterocycles. The molecule has 0 spiro atoms. The molecular weight excluding hydrogens is 270 g/mol. The molecule has 0 amide bonds. The molecule has 110 valence electrons. The number of halogens is 1. The average molecular weight is 292 g/mol. The normalized spacial score (nSPS) is 11.7. The molecule has 19 heavy (non-hydrogen) atoms. The Bertz CT molecular complexity index is 307. The van der Waals surface area contributed by atoms with E-state index in [1.54, 1.807) is 13.8 Å². The van der Waals surface area contributed by atoms with Crippen LogP contribution in [0.5, 0.6) is 0 Å². The van der Waals surface area contributed by atoms with E-state index in [1.807, 2.05) is 0 Å². The van der Waals surface area contributed by atoms with Gasteiger partial charge >= 0.3 is 11.9 Å². The van der Waals surface area contributed by atoms with Crippen LogP contribution in [-0.2, 0) is 19.1 Å². The Kier molecular flexibility index (Phi) is 10.2. The third-order valence-corrected chi connectivity index (χ3v) is 2.40. The van der Waals surface area contributed by atoms with Crippen LogP contribution in [0.3, 0.4) is 0 Å². The summed E-state index contributed by atoms with van der Waals surface area (Å²) in [6, 6.07) is -0.521. The number of carbonyl (C=O) groups excluding carboxylic acids is 2. The molecular formula is C13H22ClNO4. The fraction of sp³-hybridized carbons (Fsp3) is 0.692. The van der Waals surface area contributed by atoms with E-state index in [-0.39, 0.29) is 11.9 Å². The van der Waals surface area contributed by atoms with Crippen LogP contribution in [0.15, 0.2) is 11.6 Å². The fourth-order valence-corrected chi connectivity index (χ4v) is 1.60. The zero-order valence-electron chi connectivity index (χ0n) is 11.5. The summed E-state index contributed by atoms with van der Waals surface area (Å²) in [6.45, 7) is 8.27. The summed E-state index contributed by atoms with van der Waals surface area (Å²) in [6.07, 6.45) is 1.21. The highest BCUT2D eigenvalue weighted by Gasteiger charge is 2.19. The molecule has 0 saturated carbocycles. The predicted molar refractivity (Wildman–Crippen MR) is 73.9 cm³/mol. The van der Waals surface area contributed by atoms with Crippen LogP contribution in [0, 0.1) is 0 Å². The maximum Gasteiger partial charge on any atom is 0.323 e. The van der Waals surface area contributed by atoms with E-state index in [4.69, 9.17) is 21.1 Å². The standard InChI is InChI=1S/C13H22ClNO4/c1-4-18-12(16)7-6-8-15-11(9-10(3)14)13(17)19-5-2/h11,15H,3-9H2,1-2H3/t11-/m1/s1. The van der Waals surface area contributed by atoms with E-state index in [9.17, 15) is 9.59 Å². The van der Waals surface area contributed by atoms with Crippen molar-refractivity contribution in [3.63, 3.8) is 0 Å². The third-order valence-electron chi connectivity index (χ3n) is 2.25. The van der Waals surface area contributed by atoms with E-state index < -0.39 is 6.04 Å². The van der Waals surface area contributed by atoms with Gasteiger partial charge in [0.05, 0.1) is 13.2 Å². The van der Waals surface area contributed by atoms with Crippen molar-refractivity contribution in [3.8, 4) is 0 Å². The first-order chi connectivity index (χ1) is 9.01. The molecule has 0 aliphatic carbocycles. The number of esters is 2. The lowest BCUT2D eigenvalue weighted by molar-refractivity contribution is -0.145. The van der Waals surface area contributed by atoms with Crippen LogP contribution in [0.2, 0.25) is 0 Å². The van der Waals surface area contributed by atoms with E-state index in [1.165, 1.54) is 0 Å². The minimum atomic E-state index is -0.521. The molecule has 0 heterocycles. The minimum Gasteiger partial charge on any atom is -0.466 e. The van der Waals surface area contributed by atoms with Crippen LogP contribution < -0.4 is 5.32 Å². The highest BCUT2D eigenvalue weighted by Crippen LogP contribution is 2.09. The highest BCUT2D eigenvalue weighted by atomic mass is 35.5. The van der Waals surface area contributed by atoms with Gasteiger partial charge in [0, 0.05) is 17.9 Å². The Balaban J connectivity index is 4.02.